The van der Waals surface area contributed by atoms with Crippen LogP contribution in [0.4, 0.5) is 5.69 Å². The lowest BCUT2D eigenvalue weighted by Gasteiger charge is -2.31. The van der Waals surface area contributed by atoms with Crippen LogP contribution in [-0.2, 0) is 9.53 Å². The Kier molecular flexibility index (Phi) is 5.31. The van der Waals surface area contributed by atoms with Gasteiger partial charge >= 0.3 is 5.97 Å². The largest absolute Gasteiger partial charge is 0.466 e. The number of hydrogen-bond acceptors (Lipinski definition) is 5. The zero-order chi connectivity index (χ0) is 17.0. The summed E-state index contributed by atoms with van der Waals surface area (Å²) in [5.74, 6) is -0.896. The van der Waals surface area contributed by atoms with E-state index in [1.54, 1.807) is 24.8 Å². The predicted molar refractivity (Wildman–Crippen MR) is 83.1 cm³/mol. The Balaban J connectivity index is 2.19. The molecule has 1 atom stereocenters. The Bertz CT molecular complexity index is 629. The molecule has 1 aliphatic rings. The average Bonchev–Trinajstić information content (AvgIpc) is 2.54. The Labute approximate surface area is 134 Å². The number of nitro groups is 1. The van der Waals surface area contributed by atoms with E-state index in [1.807, 2.05) is 0 Å². The van der Waals surface area contributed by atoms with Crippen molar-refractivity contribution in [3.05, 3.63) is 39.4 Å². The molecule has 0 aliphatic carbocycles. The third-order valence-corrected chi connectivity index (χ3v) is 4.06. The maximum Gasteiger partial charge on any atom is 0.310 e. The molecule has 7 nitrogen and oxygen atoms in total. The maximum absolute atomic E-state index is 12.7. The Hall–Kier alpha value is -2.44. The third kappa shape index (κ3) is 3.67. The van der Waals surface area contributed by atoms with Gasteiger partial charge in [-0.2, -0.15) is 0 Å². The number of amides is 1. The lowest BCUT2D eigenvalue weighted by atomic mass is 9.96. The number of likely N-dealkylation sites (tertiary alicyclic amines) is 1. The molecule has 0 unspecified atom stereocenters. The fourth-order valence-electron chi connectivity index (χ4n) is 2.84. The molecule has 1 aromatic rings. The van der Waals surface area contributed by atoms with Gasteiger partial charge < -0.3 is 9.64 Å². The third-order valence-electron chi connectivity index (χ3n) is 4.06. The number of benzene rings is 1. The number of rotatable bonds is 4. The standard InChI is InChI=1S/C16H20N2O5/c1-3-23-16(20)12-6-5-9-17(10-12)15(19)13-7-4-8-14(11(13)2)18(21)22/h4,7-8,12H,3,5-6,9-10H2,1-2H3/t12-/m0/s1. The highest BCUT2D eigenvalue weighted by atomic mass is 16.6. The summed E-state index contributed by atoms with van der Waals surface area (Å²) in [6, 6.07) is 4.47. The van der Waals surface area contributed by atoms with Gasteiger partial charge in [-0.25, -0.2) is 0 Å². The van der Waals surface area contributed by atoms with Crippen LogP contribution in [0, 0.1) is 23.0 Å². The highest BCUT2D eigenvalue weighted by Gasteiger charge is 2.31. The van der Waals surface area contributed by atoms with Gasteiger partial charge in [0.1, 0.15) is 0 Å². The van der Waals surface area contributed by atoms with Crippen molar-refractivity contribution in [1.29, 1.82) is 0 Å². The topological polar surface area (TPSA) is 89.8 Å². The highest BCUT2D eigenvalue weighted by Crippen LogP contribution is 2.25. The second-order valence-electron chi connectivity index (χ2n) is 5.55. The van der Waals surface area contributed by atoms with E-state index in [2.05, 4.69) is 0 Å². The monoisotopic (exact) mass is 320 g/mol. The van der Waals surface area contributed by atoms with E-state index in [9.17, 15) is 19.7 Å². The summed E-state index contributed by atoms with van der Waals surface area (Å²) in [7, 11) is 0. The van der Waals surface area contributed by atoms with Gasteiger partial charge in [0.2, 0.25) is 0 Å². The van der Waals surface area contributed by atoms with Crippen molar-refractivity contribution >= 4 is 17.6 Å². The van der Waals surface area contributed by atoms with E-state index in [0.29, 0.717) is 43.7 Å². The van der Waals surface area contributed by atoms with Crippen LogP contribution in [0.3, 0.4) is 0 Å². The summed E-state index contributed by atoms with van der Waals surface area (Å²) in [5.41, 5.74) is 0.583. The van der Waals surface area contributed by atoms with Crippen molar-refractivity contribution in [2.45, 2.75) is 26.7 Å². The molecule has 7 heteroatoms. The van der Waals surface area contributed by atoms with E-state index in [1.165, 1.54) is 12.1 Å². The summed E-state index contributed by atoms with van der Waals surface area (Å²) in [5, 5.41) is 11.0. The van der Waals surface area contributed by atoms with Crippen molar-refractivity contribution in [3.63, 3.8) is 0 Å². The lowest BCUT2D eigenvalue weighted by molar-refractivity contribution is -0.385. The fraction of sp³-hybridized carbons (Fsp3) is 0.500. The number of hydrogen-bond donors (Lipinski definition) is 0. The average molecular weight is 320 g/mol. The zero-order valence-corrected chi connectivity index (χ0v) is 13.3. The van der Waals surface area contributed by atoms with Crippen LogP contribution >= 0.6 is 0 Å². The maximum atomic E-state index is 12.7. The molecule has 1 saturated heterocycles. The van der Waals surface area contributed by atoms with Gasteiger partial charge in [0.25, 0.3) is 11.6 Å². The van der Waals surface area contributed by atoms with Crippen molar-refractivity contribution in [3.8, 4) is 0 Å². The molecule has 0 spiro atoms. The number of carbonyl (C=O) groups excluding carboxylic acids is 2. The molecule has 0 N–H and O–H groups in total. The molecular formula is C16H20N2O5. The molecule has 23 heavy (non-hydrogen) atoms. The molecular weight excluding hydrogens is 300 g/mol. The highest BCUT2D eigenvalue weighted by molar-refractivity contribution is 5.97. The van der Waals surface area contributed by atoms with Gasteiger partial charge in [-0.15, -0.1) is 0 Å². The van der Waals surface area contributed by atoms with Crippen LogP contribution in [0.25, 0.3) is 0 Å². The van der Waals surface area contributed by atoms with E-state index in [4.69, 9.17) is 4.74 Å². The van der Waals surface area contributed by atoms with E-state index >= 15 is 0 Å². The smallest absolute Gasteiger partial charge is 0.310 e. The van der Waals surface area contributed by atoms with Gasteiger partial charge in [-0.1, -0.05) is 6.07 Å². The molecule has 0 saturated carbocycles. The Morgan fingerprint density at radius 3 is 2.83 bits per heavy atom. The normalized spacial score (nSPS) is 17.7. The van der Waals surface area contributed by atoms with Gasteiger partial charge in [-0.3, -0.25) is 19.7 Å². The molecule has 0 bridgehead atoms. The first kappa shape index (κ1) is 16.9. The van der Waals surface area contributed by atoms with Crippen LogP contribution in [0.15, 0.2) is 18.2 Å². The minimum Gasteiger partial charge on any atom is -0.466 e. The number of nitro benzene ring substituents is 1. The molecule has 1 fully saturated rings. The molecule has 1 heterocycles. The van der Waals surface area contributed by atoms with Gasteiger partial charge in [0.05, 0.1) is 17.4 Å². The Morgan fingerprint density at radius 1 is 1.43 bits per heavy atom. The minimum absolute atomic E-state index is 0.0743. The molecule has 1 aliphatic heterocycles. The SMILES string of the molecule is CCOC(=O)[C@H]1CCCN(C(=O)c2cccc([N+](=O)[O-])c2C)C1. The second kappa shape index (κ2) is 7.21. The first-order valence-corrected chi connectivity index (χ1v) is 7.65. The molecule has 0 radical (unpaired) electrons. The van der Waals surface area contributed by atoms with Crippen molar-refractivity contribution in [1.82, 2.24) is 4.90 Å². The molecule has 0 aromatic heterocycles. The van der Waals surface area contributed by atoms with E-state index < -0.39 is 4.92 Å². The summed E-state index contributed by atoms with van der Waals surface area (Å²) in [4.78, 5) is 36.6. The molecule has 1 amide bonds. The van der Waals surface area contributed by atoms with Crippen LogP contribution < -0.4 is 0 Å². The Morgan fingerprint density at radius 2 is 2.17 bits per heavy atom. The van der Waals surface area contributed by atoms with Crippen molar-refractivity contribution in [2.24, 2.45) is 5.92 Å². The summed E-state index contributed by atoms with van der Waals surface area (Å²) in [6.45, 7) is 4.46. The fourth-order valence-corrected chi connectivity index (χ4v) is 2.84. The number of esters is 1. The minimum atomic E-state index is -0.496. The quantitative estimate of drug-likeness (QED) is 0.482. The van der Waals surface area contributed by atoms with Gasteiger partial charge in [0, 0.05) is 30.3 Å². The molecule has 124 valence electrons. The zero-order valence-electron chi connectivity index (χ0n) is 13.3. The van der Waals surface area contributed by atoms with E-state index in [-0.39, 0.29) is 23.5 Å². The van der Waals surface area contributed by atoms with Crippen LogP contribution in [0.5, 0.6) is 0 Å². The molecule has 1 aromatic carbocycles. The van der Waals surface area contributed by atoms with Crippen molar-refractivity contribution in [2.75, 3.05) is 19.7 Å². The number of nitrogens with zero attached hydrogens (tertiary/aromatic N) is 2. The second-order valence-corrected chi connectivity index (χ2v) is 5.55. The number of ether oxygens (including phenoxy) is 1. The summed E-state index contributed by atoms with van der Waals surface area (Å²) < 4.78 is 5.02. The summed E-state index contributed by atoms with van der Waals surface area (Å²) in [6.07, 6.45) is 1.40. The lowest BCUT2D eigenvalue weighted by Crippen LogP contribution is -2.43. The van der Waals surface area contributed by atoms with Crippen LogP contribution in [0.2, 0.25) is 0 Å². The first-order valence-electron chi connectivity index (χ1n) is 7.65. The van der Waals surface area contributed by atoms with Crippen LogP contribution in [0.1, 0.15) is 35.7 Å². The van der Waals surface area contributed by atoms with Gasteiger partial charge in [-0.05, 0) is 32.8 Å². The van der Waals surface area contributed by atoms with Crippen LogP contribution in [-0.4, -0.2) is 41.4 Å². The number of piperidine rings is 1. The van der Waals surface area contributed by atoms with Crippen molar-refractivity contribution < 1.29 is 19.2 Å². The van der Waals surface area contributed by atoms with Gasteiger partial charge in [0.15, 0.2) is 0 Å². The predicted octanol–water partition coefficient (Wildman–Crippen LogP) is 2.32. The number of carbonyl (C=O) groups is 2. The first-order chi connectivity index (χ1) is 11.0. The summed E-state index contributed by atoms with van der Waals surface area (Å²) >= 11 is 0. The molecule has 2 rings (SSSR count). The van der Waals surface area contributed by atoms with E-state index in [0.717, 1.165) is 0 Å².